The predicted molar refractivity (Wildman–Crippen MR) is 90.0 cm³/mol. The van der Waals surface area contributed by atoms with Crippen molar-refractivity contribution in [3.63, 3.8) is 0 Å². The minimum Gasteiger partial charge on any atom is -0.408 e. The van der Waals surface area contributed by atoms with E-state index < -0.39 is 0 Å². The first-order chi connectivity index (χ1) is 11.7. The van der Waals surface area contributed by atoms with Gasteiger partial charge >= 0.3 is 5.76 Å². The minimum atomic E-state index is -0.365. The maximum Gasteiger partial charge on any atom is 0.420 e. The first-order valence-corrected chi connectivity index (χ1v) is 8.19. The first-order valence-electron chi connectivity index (χ1n) is 8.19. The number of aromatic nitrogens is 1. The van der Waals surface area contributed by atoms with Gasteiger partial charge in [-0.05, 0) is 29.7 Å². The van der Waals surface area contributed by atoms with Crippen LogP contribution in [0, 0.1) is 0 Å². The molecule has 1 aliphatic heterocycles. The van der Waals surface area contributed by atoms with Gasteiger partial charge in [0.2, 0.25) is 0 Å². The normalized spacial score (nSPS) is 15.4. The molecule has 0 atom stereocenters. The fraction of sp³-hybridized carbons (Fsp3) is 0.316. The predicted octanol–water partition coefficient (Wildman–Crippen LogP) is 3.25. The van der Waals surface area contributed by atoms with Gasteiger partial charge in [-0.25, -0.2) is 4.79 Å². The molecule has 1 aromatic heterocycles. The Labute approximate surface area is 139 Å². The van der Waals surface area contributed by atoms with Gasteiger partial charge in [-0.15, -0.1) is 0 Å². The summed E-state index contributed by atoms with van der Waals surface area (Å²) in [4.78, 5) is 12.3. The fourth-order valence-corrected chi connectivity index (χ4v) is 3.06. The summed E-state index contributed by atoms with van der Waals surface area (Å²) in [5.74, 6) is -0.350. The van der Waals surface area contributed by atoms with Crippen molar-refractivity contribution in [3.05, 3.63) is 69.7 Å². The Kier molecular flexibility index (Phi) is 3.96. The first kappa shape index (κ1) is 15.2. The average molecular weight is 325 g/mol. The molecule has 5 nitrogen and oxygen atoms in total. The van der Waals surface area contributed by atoms with Crippen molar-refractivity contribution in [2.45, 2.75) is 26.2 Å². The van der Waals surface area contributed by atoms with Crippen LogP contribution in [0.1, 0.15) is 29.9 Å². The smallest absolute Gasteiger partial charge is 0.408 e. The molecule has 0 saturated carbocycles. The fourth-order valence-electron chi connectivity index (χ4n) is 3.06. The van der Waals surface area contributed by atoms with Crippen LogP contribution in [0.5, 0.6) is 0 Å². The molecule has 0 radical (unpaired) electrons. The number of ether oxygens (including phenoxy) is 2. The van der Waals surface area contributed by atoms with E-state index in [0.717, 1.165) is 23.1 Å². The molecule has 1 aliphatic rings. The highest BCUT2D eigenvalue weighted by molar-refractivity contribution is 5.74. The standard InChI is InChI=1S/C19H19NO4/c1-2-13-4-3-5-14(10-13)12-20-16-11-15(18-22-8-9-23-18)6-7-17(16)24-19(20)21/h3-7,10-11,18H,2,8-9,12H2,1H3. The van der Waals surface area contributed by atoms with E-state index in [1.807, 2.05) is 24.3 Å². The van der Waals surface area contributed by atoms with E-state index in [-0.39, 0.29) is 12.0 Å². The monoisotopic (exact) mass is 325 g/mol. The molecule has 2 aromatic carbocycles. The lowest BCUT2D eigenvalue weighted by Gasteiger charge is -2.10. The van der Waals surface area contributed by atoms with Crippen LogP contribution in [0.15, 0.2) is 51.7 Å². The second-order valence-electron chi connectivity index (χ2n) is 5.93. The number of hydrogen-bond donors (Lipinski definition) is 0. The third-order valence-corrected chi connectivity index (χ3v) is 4.33. The van der Waals surface area contributed by atoms with Crippen molar-refractivity contribution in [1.82, 2.24) is 4.57 Å². The van der Waals surface area contributed by atoms with Gasteiger partial charge in [-0.2, -0.15) is 0 Å². The molecule has 0 N–H and O–H groups in total. The molecule has 0 spiro atoms. The molecule has 1 fully saturated rings. The van der Waals surface area contributed by atoms with E-state index in [9.17, 15) is 4.79 Å². The van der Waals surface area contributed by atoms with Crippen LogP contribution in [0.4, 0.5) is 0 Å². The van der Waals surface area contributed by atoms with E-state index in [0.29, 0.717) is 25.3 Å². The summed E-state index contributed by atoms with van der Waals surface area (Å²) < 4.78 is 18.1. The maximum absolute atomic E-state index is 12.3. The van der Waals surface area contributed by atoms with Crippen LogP contribution in [0.2, 0.25) is 0 Å². The Morgan fingerprint density at radius 1 is 1.08 bits per heavy atom. The number of oxazole rings is 1. The number of rotatable bonds is 4. The molecule has 24 heavy (non-hydrogen) atoms. The summed E-state index contributed by atoms with van der Waals surface area (Å²) in [6.07, 6.45) is 0.603. The van der Waals surface area contributed by atoms with Crippen molar-refractivity contribution in [2.24, 2.45) is 0 Å². The van der Waals surface area contributed by atoms with Gasteiger partial charge in [0.1, 0.15) is 0 Å². The van der Waals surface area contributed by atoms with Crippen molar-refractivity contribution >= 4 is 11.1 Å². The quantitative estimate of drug-likeness (QED) is 0.739. The molecular weight excluding hydrogens is 306 g/mol. The Bertz CT molecular complexity index is 919. The second-order valence-corrected chi connectivity index (χ2v) is 5.93. The number of hydrogen-bond acceptors (Lipinski definition) is 4. The van der Waals surface area contributed by atoms with Gasteiger partial charge in [0.15, 0.2) is 11.9 Å². The van der Waals surface area contributed by atoms with E-state index in [2.05, 4.69) is 19.1 Å². The average Bonchev–Trinajstić information content (AvgIpc) is 3.24. The molecular formula is C19H19NO4. The van der Waals surface area contributed by atoms with Crippen molar-refractivity contribution in [2.75, 3.05) is 13.2 Å². The number of aryl methyl sites for hydroxylation is 1. The zero-order valence-electron chi connectivity index (χ0n) is 13.5. The minimum absolute atomic E-state index is 0.350. The summed E-state index contributed by atoms with van der Waals surface area (Å²) in [5, 5.41) is 0. The molecule has 5 heteroatoms. The molecule has 0 unspecified atom stereocenters. The third-order valence-electron chi connectivity index (χ3n) is 4.33. The molecule has 0 amide bonds. The molecule has 0 aliphatic carbocycles. The lowest BCUT2D eigenvalue weighted by Crippen LogP contribution is -2.15. The largest absolute Gasteiger partial charge is 0.420 e. The van der Waals surface area contributed by atoms with E-state index in [1.165, 1.54) is 5.56 Å². The highest BCUT2D eigenvalue weighted by atomic mass is 16.7. The van der Waals surface area contributed by atoms with Crippen LogP contribution in [-0.4, -0.2) is 17.8 Å². The van der Waals surface area contributed by atoms with Crippen LogP contribution in [0.25, 0.3) is 11.1 Å². The molecule has 4 rings (SSSR count). The van der Waals surface area contributed by atoms with Gasteiger partial charge in [0.25, 0.3) is 0 Å². The second kappa shape index (κ2) is 6.26. The van der Waals surface area contributed by atoms with Crippen LogP contribution >= 0.6 is 0 Å². The van der Waals surface area contributed by atoms with Crippen LogP contribution < -0.4 is 5.76 Å². The molecule has 0 bridgehead atoms. The van der Waals surface area contributed by atoms with Gasteiger partial charge in [-0.3, -0.25) is 4.57 Å². The van der Waals surface area contributed by atoms with E-state index in [4.69, 9.17) is 13.9 Å². The van der Waals surface area contributed by atoms with Crippen molar-refractivity contribution in [1.29, 1.82) is 0 Å². The van der Waals surface area contributed by atoms with E-state index in [1.54, 1.807) is 10.6 Å². The Hall–Kier alpha value is -2.37. The summed E-state index contributed by atoms with van der Waals surface area (Å²) in [5.41, 5.74) is 4.57. The third kappa shape index (κ3) is 2.77. The van der Waals surface area contributed by atoms with Gasteiger partial charge < -0.3 is 13.9 Å². The molecule has 1 saturated heterocycles. The highest BCUT2D eigenvalue weighted by Crippen LogP contribution is 2.26. The number of benzene rings is 2. The summed E-state index contributed by atoms with van der Waals surface area (Å²) in [6, 6.07) is 13.9. The summed E-state index contributed by atoms with van der Waals surface area (Å²) in [7, 11) is 0. The molecule has 2 heterocycles. The highest BCUT2D eigenvalue weighted by Gasteiger charge is 2.20. The van der Waals surface area contributed by atoms with E-state index >= 15 is 0 Å². The SMILES string of the molecule is CCc1cccc(Cn2c(=O)oc3ccc(C4OCCO4)cc32)c1. The lowest BCUT2D eigenvalue weighted by molar-refractivity contribution is -0.0440. The Balaban J connectivity index is 1.74. The summed E-state index contributed by atoms with van der Waals surface area (Å²) in [6.45, 7) is 3.78. The van der Waals surface area contributed by atoms with Crippen LogP contribution in [-0.2, 0) is 22.4 Å². The van der Waals surface area contributed by atoms with Crippen LogP contribution in [0.3, 0.4) is 0 Å². The lowest BCUT2D eigenvalue weighted by atomic mass is 10.1. The van der Waals surface area contributed by atoms with Crippen molar-refractivity contribution < 1.29 is 13.9 Å². The number of nitrogens with zero attached hydrogens (tertiary/aromatic N) is 1. The molecule has 3 aromatic rings. The van der Waals surface area contributed by atoms with Gasteiger partial charge in [-0.1, -0.05) is 37.3 Å². The Morgan fingerprint density at radius 2 is 1.88 bits per heavy atom. The number of fused-ring (bicyclic) bond motifs is 1. The molecule has 124 valence electrons. The summed E-state index contributed by atoms with van der Waals surface area (Å²) >= 11 is 0. The topological polar surface area (TPSA) is 53.6 Å². The zero-order chi connectivity index (χ0) is 16.5. The zero-order valence-corrected chi connectivity index (χ0v) is 13.5. The van der Waals surface area contributed by atoms with Gasteiger partial charge in [0, 0.05) is 5.56 Å². The maximum atomic E-state index is 12.3. The van der Waals surface area contributed by atoms with Crippen molar-refractivity contribution in [3.8, 4) is 0 Å². The Morgan fingerprint density at radius 3 is 2.67 bits per heavy atom. The van der Waals surface area contributed by atoms with Gasteiger partial charge in [0.05, 0.1) is 25.3 Å².